The van der Waals surface area contributed by atoms with Crippen LogP contribution in [0.3, 0.4) is 0 Å². The molecule has 0 aromatic heterocycles. The van der Waals surface area contributed by atoms with E-state index >= 15 is 0 Å². The molecule has 0 radical (unpaired) electrons. The maximum absolute atomic E-state index is 12.4. The first-order chi connectivity index (χ1) is 10.2. The molecule has 2 aliphatic carbocycles. The highest BCUT2D eigenvalue weighted by atomic mass is 16.2. The summed E-state index contributed by atoms with van der Waals surface area (Å²) < 4.78 is 0. The Morgan fingerprint density at radius 1 is 1.19 bits per heavy atom. The minimum atomic E-state index is 0.137. The highest BCUT2D eigenvalue weighted by Crippen LogP contribution is 2.45. The highest BCUT2D eigenvalue weighted by molar-refractivity contribution is 5.95. The number of anilines is 1. The number of nitrogens with zero attached hydrogens (tertiary/aromatic N) is 1. The summed E-state index contributed by atoms with van der Waals surface area (Å²) in [5.41, 5.74) is 1.91. The molecule has 1 N–H and O–H groups in total. The normalized spacial score (nSPS) is 17.9. The van der Waals surface area contributed by atoms with E-state index in [0.29, 0.717) is 6.04 Å². The minimum Gasteiger partial charge on any atom is -0.382 e. The molecule has 0 aliphatic heterocycles. The molecule has 2 fully saturated rings. The summed E-state index contributed by atoms with van der Waals surface area (Å²) in [5.74, 6) is 1.86. The van der Waals surface area contributed by atoms with Gasteiger partial charge in [0.05, 0.1) is 0 Å². The van der Waals surface area contributed by atoms with Crippen LogP contribution in [-0.4, -0.2) is 29.9 Å². The lowest BCUT2D eigenvalue weighted by Crippen LogP contribution is -2.30. The second-order valence-electron chi connectivity index (χ2n) is 6.40. The van der Waals surface area contributed by atoms with Gasteiger partial charge in [0.1, 0.15) is 0 Å². The molecule has 2 aliphatic rings. The molecule has 21 heavy (non-hydrogen) atoms. The van der Waals surface area contributed by atoms with E-state index in [1.54, 1.807) is 0 Å². The van der Waals surface area contributed by atoms with Gasteiger partial charge >= 0.3 is 0 Å². The lowest BCUT2D eigenvalue weighted by molar-refractivity contribution is 0.0773. The number of hydrogen-bond donors (Lipinski definition) is 1. The minimum absolute atomic E-state index is 0.137. The van der Waals surface area contributed by atoms with Crippen LogP contribution < -0.4 is 5.32 Å². The Balaban J connectivity index is 1.71. The summed E-state index contributed by atoms with van der Waals surface area (Å²) in [6.45, 7) is 5.58. The number of hydrogen-bond acceptors (Lipinski definition) is 2. The Morgan fingerprint density at radius 3 is 2.33 bits per heavy atom. The number of carbonyl (C=O) groups excluding carboxylic acids is 1. The number of rotatable bonds is 7. The lowest BCUT2D eigenvalue weighted by Gasteiger charge is -2.21. The van der Waals surface area contributed by atoms with Gasteiger partial charge in [-0.15, -0.1) is 0 Å². The van der Waals surface area contributed by atoms with Crippen molar-refractivity contribution < 1.29 is 4.79 Å². The number of benzene rings is 1. The third-order valence-electron chi connectivity index (χ3n) is 4.75. The number of amides is 1. The van der Waals surface area contributed by atoms with Crippen molar-refractivity contribution >= 4 is 11.6 Å². The summed E-state index contributed by atoms with van der Waals surface area (Å²) in [5, 5.41) is 3.70. The van der Waals surface area contributed by atoms with E-state index in [1.165, 1.54) is 25.7 Å². The maximum atomic E-state index is 12.4. The van der Waals surface area contributed by atoms with Crippen molar-refractivity contribution in [3.05, 3.63) is 29.8 Å². The zero-order valence-corrected chi connectivity index (χ0v) is 13.1. The summed E-state index contributed by atoms with van der Waals surface area (Å²) in [7, 11) is 0. The van der Waals surface area contributed by atoms with Crippen molar-refractivity contribution in [3.63, 3.8) is 0 Å². The average Bonchev–Trinajstić information content (AvgIpc) is 3.40. The molecule has 1 aromatic carbocycles. The van der Waals surface area contributed by atoms with Crippen molar-refractivity contribution in [2.24, 2.45) is 11.8 Å². The van der Waals surface area contributed by atoms with Crippen LogP contribution in [0.2, 0.25) is 0 Å². The van der Waals surface area contributed by atoms with Gasteiger partial charge in [-0.1, -0.05) is 6.07 Å². The van der Waals surface area contributed by atoms with E-state index in [1.807, 2.05) is 36.9 Å². The largest absolute Gasteiger partial charge is 0.382 e. The van der Waals surface area contributed by atoms with Crippen LogP contribution in [0.15, 0.2) is 24.3 Å². The lowest BCUT2D eigenvalue weighted by atomic mass is 10.1. The average molecular weight is 286 g/mol. The third-order valence-corrected chi connectivity index (χ3v) is 4.75. The summed E-state index contributed by atoms with van der Waals surface area (Å²) in [6, 6.07) is 8.67. The maximum Gasteiger partial charge on any atom is 0.253 e. The standard InChI is InChI=1S/C18H26N2O/c1-3-20(4-2)18(21)15-6-5-7-16(12-15)19-17(13-8-9-13)14-10-11-14/h5-7,12-14,17,19H,3-4,8-11H2,1-2H3. The smallest absolute Gasteiger partial charge is 0.253 e. The molecule has 0 heterocycles. The van der Waals surface area contributed by atoms with Gasteiger partial charge in [-0.05, 0) is 69.6 Å². The van der Waals surface area contributed by atoms with Crippen LogP contribution in [0.25, 0.3) is 0 Å². The fraction of sp³-hybridized carbons (Fsp3) is 0.611. The SMILES string of the molecule is CCN(CC)C(=O)c1cccc(NC(C2CC2)C2CC2)c1. The Kier molecular flexibility index (Phi) is 4.18. The van der Waals surface area contributed by atoms with Gasteiger partial charge in [0.2, 0.25) is 0 Å². The molecule has 2 saturated carbocycles. The monoisotopic (exact) mass is 286 g/mol. The van der Waals surface area contributed by atoms with E-state index in [9.17, 15) is 4.79 Å². The molecule has 0 atom stereocenters. The number of carbonyl (C=O) groups is 1. The summed E-state index contributed by atoms with van der Waals surface area (Å²) in [4.78, 5) is 14.3. The predicted molar refractivity (Wildman–Crippen MR) is 86.6 cm³/mol. The molecule has 3 heteroatoms. The second kappa shape index (κ2) is 6.08. The van der Waals surface area contributed by atoms with Crippen molar-refractivity contribution in [2.45, 2.75) is 45.6 Å². The van der Waals surface area contributed by atoms with E-state index in [-0.39, 0.29) is 5.91 Å². The Hall–Kier alpha value is -1.51. The molecule has 0 unspecified atom stereocenters. The van der Waals surface area contributed by atoms with E-state index in [4.69, 9.17) is 0 Å². The first kappa shape index (κ1) is 14.4. The third kappa shape index (κ3) is 3.39. The van der Waals surface area contributed by atoms with E-state index in [0.717, 1.165) is 36.2 Å². The van der Waals surface area contributed by atoms with Gasteiger partial charge in [-0.3, -0.25) is 4.79 Å². The zero-order valence-electron chi connectivity index (χ0n) is 13.1. The first-order valence-corrected chi connectivity index (χ1v) is 8.38. The molecule has 0 saturated heterocycles. The molecule has 1 amide bonds. The molecule has 0 spiro atoms. The predicted octanol–water partition coefficient (Wildman–Crippen LogP) is 3.77. The van der Waals surface area contributed by atoms with Gasteiger partial charge in [-0.25, -0.2) is 0 Å². The molecule has 114 valence electrons. The van der Waals surface area contributed by atoms with Gasteiger partial charge in [0.15, 0.2) is 0 Å². The Morgan fingerprint density at radius 2 is 1.81 bits per heavy atom. The van der Waals surface area contributed by atoms with Gasteiger partial charge in [0.25, 0.3) is 5.91 Å². The van der Waals surface area contributed by atoms with Crippen LogP contribution in [0.5, 0.6) is 0 Å². The van der Waals surface area contributed by atoms with Gasteiger partial charge in [-0.2, -0.15) is 0 Å². The molecule has 3 rings (SSSR count). The molecular weight excluding hydrogens is 260 g/mol. The molecule has 1 aromatic rings. The Bertz CT molecular complexity index is 490. The van der Waals surface area contributed by atoms with Crippen molar-refractivity contribution in [2.75, 3.05) is 18.4 Å². The summed E-state index contributed by atoms with van der Waals surface area (Å²) in [6.07, 6.45) is 5.47. The van der Waals surface area contributed by atoms with E-state index in [2.05, 4.69) is 11.4 Å². The van der Waals surface area contributed by atoms with Crippen LogP contribution >= 0.6 is 0 Å². The first-order valence-electron chi connectivity index (χ1n) is 8.38. The van der Waals surface area contributed by atoms with Crippen molar-refractivity contribution in [3.8, 4) is 0 Å². The van der Waals surface area contributed by atoms with Gasteiger partial charge in [0, 0.05) is 30.4 Å². The van der Waals surface area contributed by atoms with Crippen molar-refractivity contribution in [1.29, 1.82) is 0 Å². The van der Waals surface area contributed by atoms with Crippen LogP contribution in [0.4, 0.5) is 5.69 Å². The molecular formula is C18H26N2O. The quantitative estimate of drug-likeness (QED) is 0.827. The van der Waals surface area contributed by atoms with Gasteiger partial charge < -0.3 is 10.2 Å². The Labute approximate surface area is 127 Å². The van der Waals surface area contributed by atoms with Crippen molar-refractivity contribution in [1.82, 2.24) is 4.90 Å². The second-order valence-corrected chi connectivity index (χ2v) is 6.40. The zero-order chi connectivity index (χ0) is 14.8. The topological polar surface area (TPSA) is 32.3 Å². The molecule has 3 nitrogen and oxygen atoms in total. The van der Waals surface area contributed by atoms with Crippen LogP contribution in [0.1, 0.15) is 49.9 Å². The molecule has 0 bridgehead atoms. The van der Waals surface area contributed by atoms with Crippen LogP contribution in [0, 0.1) is 11.8 Å². The highest BCUT2D eigenvalue weighted by Gasteiger charge is 2.41. The van der Waals surface area contributed by atoms with E-state index < -0.39 is 0 Å². The van der Waals surface area contributed by atoms with Crippen LogP contribution in [-0.2, 0) is 0 Å². The number of nitrogens with one attached hydrogen (secondary N) is 1. The fourth-order valence-electron chi connectivity index (χ4n) is 3.16. The summed E-state index contributed by atoms with van der Waals surface area (Å²) >= 11 is 0. The fourth-order valence-corrected chi connectivity index (χ4v) is 3.16.